The topological polar surface area (TPSA) is 52.0 Å². The number of rotatable bonds is 4. The molecule has 2 heterocycles. The summed E-state index contributed by atoms with van der Waals surface area (Å²) in [4.78, 5) is 14.0. The van der Waals surface area contributed by atoms with Crippen LogP contribution in [0.5, 0.6) is 11.5 Å². The van der Waals surface area contributed by atoms with Crippen molar-refractivity contribution in [2.75, 3.05) is 31.6 Å². The van der Waals surface area contributed by atoms with Crippen molar-refractivity contribution in [1.82, 2.24) is 0 Å². The number of quaternary nitrogens is 1. The first-order valence-electron chi connectivity index (χ1n) is 10.2. The molecule has 2 aliphatic heterocycles. The van der Waals surface area contributed by atoms with E-state index in [1.807, 2.05) is 25.1 Å². The fourth-order valence-corrected chi connectivity index (χ4v) is 4.28. The molecule has 2 atom stereocenters. The Kier molecular flexibility index (Phi) is 5.53. The Morgan fingerprint density at radius 1 is 1.07 bits per heavy atom. The largest absolute Gasteiger partial charge is 0.490 e. The Morgan fingerprint density at radius 2 is 1.89 bits per heavy atom. The Hall–Kier alpha value is -2.53. The van der Waals surface area contributed by atoms with E-state index in [0.29, 0.717) is 25.8 Å². The van der Waals surface area contributed by atoms with Gasteiger partial charge in [-0.05, 0) is 43.7 Å². The number of amides is 1. The van der Waals surface area contributed by atoms with Gasteiger partial charge in [-0.2, -0.15) is 0 Å². The lowest BCUT2D eigenvalue weighted by Crippen LogP contribution is -3.11. The van der Waals surface area contributed by atoms with Gasteiger partial charge in [0.1, 0.15) is 6.04 Å². The number of ether oxygens (including phenoxy) is 2. The number of anilines is 1. The predicted octanol–water partition coefficient (Wildman–Crippen LogP) is 2.82. The molecule has 1 amide bonds. The van der Waals surface area contributed by atoms with Crippen LogP contribution >= 0.6 is 0 Å². The van der Waals surface area contributed by atoms with Crippen LogP contribution in [0.15, 0.2) is 36.4 Å². The van der Waals surface area contributed by atoms with E-state index >= 15 is 0 Å². The van der Waals surface area contributed by atoms with Crippen molar-refractivity contribution in [2.24, 2.45) is 0 Å². The zero-order valence-corrected chi connectivity index (χ0v) is 16.7. The summed E-state index contributed by atoms with van der Waals surface area (Å²) in [6, 6.07) is 12.7. The Morgan fingerprint density at radius 3 is 2.71 bits per heavy atom. The highest BCUT2D eigenvalue weighted by molar-refractivity contribution is 5.92. The second-order valence-electron chi connectivity index (χ2n) is 7.90. The van der Waals surface area contributed by atoms with E-state index < -0.39 is 0 Å². The monoisotopic (exact) mass is 381 g/mol. The molecule has 2 N–H and O–H groups in total. The second-order valence-corrected chi connectivity index (χ2v) is 7.90. The van der Waals surface area contributed by atoms with Crippen molar-refractivity contribution >= 4 is 11.6 Å². The highest BCUT2D eigenvalue weighted by atomic mass is 16.5. The SMILES string of the molecule is Cc1ccc(NC(=O)C[NH+]2CCC[C@@H]2c2ccc3c(c2)OCCCO3)c(C)c1. The standard InChI is InChI=1S/C23H28N2O3/c1-16-6-8-19(17(2)13-16)24-23(26)15-25-10-3-5-20(25)18-7-9-21-22(14-18)28-12-4-11-27-21/h6-9,13-14,20H,3-5,10-12,15H2,1-2H3,(H,24,26)/p+1/t20-/m1/s1. The lowest BCUT2D eigenvalue weighted by atomic mass is 10.0. The molecule has 2 aromatic rings. The van der Waals surface area contributed by atoms with Crippen molar-refractivity contribution < 1.29 is 19.2 Å². The van der Waals surface area contributed by atoms with Crippen LogP contribution in [0.1, 0.15) is 42.0 Å². The molecule has 1 saturated heterocycles. The number of fused-ring (bicyclic) bond motifs is 1. The Bertz CT molecular complexity index is 865. The molecular formula is C23H29N2O3+. The van der Waals surface area contributed by atoms with Crippen LogP contribution < -0.4 is 19.7 Å². The molecule has 0 radical (unpaired) electrons. The first kappa shape index (κ1) is 18.8. The van der Waals surface area contributed by atoms with E-state index in [-0.39, 0.29) is 5.91 Å². The Balaban J connectivity index is 1.45. The van der Waals surface area contributed by atoms with Crippen LogP contribution in [0.2, 0.25) is 0 Å². The van der Waals surface area contributed by atoms with Gasteiger partial charge in [-0.1, -0.05) is 17.7 Å². The number of aryl methyl sites for hydroxylation is 2. The molecule has 0 aliphatic carbocycles. The van der Waals surface area contributed by atoms with E-state index in [9.17, 15) is 4.79 Å². The Labute approximate surface area is 166 Å². The molecule has 2 aliphatic rings. The average molecular weight is 381 g/mol. The summed E-state index contributed by atoms with van der Waals surface area (Å²) in [7, 11) is 0. The van der Waals surface area contributed by atoms with Crippen molar-refractivity contribution in [3.8, 4) is 11.5 Å². The summed E-state index contributed by atoms with van der Waals surface area (Å²) in [5.41, 5.74) is 4.44. The van der Waals surface area contributed by atoms with Gasteiger partial charge in [0.15, 0.2) is 18.0 Å². The number of carbonyl (C=O) groups is 1. The molecule has 0 bridgehead atoms. The molecule has 0 saturated carbocycles. The maximum absolute atomic E-state index is 12.7. The molecular weight excluding hydrogens is 352 g/mol. The molecule has 2 aromatic carbocycles. The zero-order valence-electron chi connectivity index (χ0n) is 16.7. The summed E-state index contributed by atoms with van der Waals surface area (Å²) in [6.45, 7) is 6.98. The molecule has 5 nitrogen and oxygen atoms in total. The van der Waals surface area contributed by atoms with Crippen LogP contribution in [-0.4, -0.2) is 32.2 Å². The van der Waals surface area contributed by atoms with Crippen LogP contribution in [0.3, 0.4) is 0 Å². The summed E-state index contributed by atoms with van der Waals surface area (Å²) >= 11 is 0. The molecule has 28 heavy (non-hydrogen) atoms. The molecule has 1 fully saturated rings. The van der Waals surface area contributed by atoms with Crippen LogP contribution in [-0.2, 0) is 4.79 Å². The van der Waals surface area contributed by atoms with Gasteiger partial charge in [-0.15, -0.1) is 0 Å². The van der Waals surface area contributed by atoms with E-state index in [1.54, 1.807) is 0 Å². The van der Waals surface area contributed by atoms with E-state index in [2.05, 4.69) is 30.4 Å². The van der Waals surface area contributed by atoms with Gasteiger partial charge in [-0.3, -0.25) is 4.79 Å². The van der Waals surface area contributed by atoms with Gasteiger partial charge in [0, 0.05) is 30.5 Å². The van der Waals surface area contributed by atoms with E-state index in [0.717, 1.165) is 48.6 Å². The summed E-state index contributed by atoms with van der Waals surface area (Å²) in [5, 5.41) is 3.09. The van der Waals surface area contributed by atoms with Crippen molar-refractivity contribution in [3.63, 3.8) is 0 Å². The number of hydrogen-bond acceptors (Lipinski definition) is 3. The van der Waals surface area contributed by atoms with Gasteiger partial charge < -0.3 is 19.7 Å². The van der Waals surface area contributed by atoms with Crippen LogP contribution in [0, 0.1) is 13.8 Å². The minimum absolute atomic E-state index is 0.0724. The quantitative estimate of drug-likeness (QED) is 0.856. The number of likely N-dealkylation sites (tertiary alicyclic amines) is 1. The zero-order chi connectivity index (χ0) is 19.5. The number of nitrogens with one attached hydrogen (secondary N) is 2. The third-order valence-corrected chi connectivity index (χ3v) is 5.70. The maximum Gasteiger partial charge on any atom is 0.279 e. The number of carbonyl (C=O) groups excluding carboxylic acids is 1. The molecule has 0 aromatic heterocycles. The molecule has 5 heteroatoms. The first-order chi connectivity index (χ1) is 13.6. The summed E-state index contributed by atoms with van der Waals surface area (Å²) < 4.78 is 11.6. The molecule has 148 valence electrons. The fraction of sp³-hybridized carbons (Fsp3) is 0.435. The lowest BCUT2D eigenvalue weighted by Gasteiger charge is -2.22. The second kappa shape index (κ2) is 8.23. The number of hydrogen-bond donors (Lipinski definition) is 2. The lowest BCUT2D eigenvalue weighted by molar-refractivity contribution is -0.910. The van der Waals surface area contributed by atoms with E-state index in [1.165, 1.54) is 16.0 Å². The van der Waals surface area contributed by atoms with Gasteiger partial charge in [-0.25, -0.2) is 0 Å². The minimum Gasteiger partial charge on any atom is -0.490 e. The van der Waals surface area contributed by atoms with Gasteiger partial charge >= 0.3 is 0 Å². The minimum atomic E-state index is 0.0724. The van der Waals surface area contributed by atoms with E-state index in [4.69, 9.17) is 9.47 Å². The predicted molar refractivity (Wildman–Crippen MR) is 109 cm³/mol. The summed E-state index contributed by atoms with van der Waals surface area (Å²) in [5.74, 6) is 1.73. The molecule has 1 unspecified atom stereocenters. The molecule has 0 spiro atoms. The third-order valence-electron chi connectivity index (χ3n) is 5.70. The van der Waals surface area contributed by atoms with Gasteiger partial charge in [0.2, 0.25) is 0 Å². The normalized spacial score (nSPS) is 21.2. The first-order valence-corrected chi connectivity index (χ1v) is 10.2. The van der Waals surface area contributed by atoms with Crippen molar-refractivity contribution in [2.45, 2.75) is 39.2 Å². The van der Waals surface area contributed by atoms with Crippen molar-refractivity contribution in [1.29, 1.82) is 0 Å². The van der Waals surface area contributed by atoms with Crippen LogP contribution in [0.25, 0.3) is 0 Å². The molecule has 4 rings (SSSR count). The van der Waals surface area contributed by atoms with Gasteiger partial charge in [0.25, 0.3) is 5.91 Å². The third kappa shape index (κ3) is 4.14. The van der Waals surface area contributed by atoms with Crippen LogP contribution in [0.4, 0.5) is 5.69 Å². The van der Waals surface area contributed by atoms with Gasteiger partial charge in [0.05, 0.1) is 19.8 Å². The average Bonchev–Trinajstić information content (AvgIpc) is 2.99. The number of benzene rings is 2. The maximum atomic E-state index is 12.7. The fourth-order valence-electron chi connectivity index (χ4n) is 4.28. The smallest absolute Gasteiger partial charge is 0.279 e. The highest BCUT2D eigenvalue weighted by Gasteiger charge is 2.32. The highest BCUT2D eigenvalue weighted by Crippen LogP contribution is 2.33. The summed E-state index contributed by atoms with van der Waals surface area (Å²) in [6.07, 6.45) is 3.13. The van der Waals surface area contributed by atoms with Crippen molar-refractivity contribution in [3.05, 3.63) is 53.1 Å².